The third kappa shape index (κ3) is 1.16. The van der Waals surface area contributed by atoms with Gasteiger partial charge in [0.2, 0.25) is 0 Å². The SMILES string of the molecule is O[C@@H]1CCN(c2nn[nH]n2)C1. The lowest BCUT2D eigenvalue weighted by atomic mass is 10.3. The zero-order valence-electron chi connectivity index (χ0n) is 5.93. The van der Waals surface area contributed by atoms with E-state index in [1.807, 2.05) is 4.90 Å². The Kier molecular flexibility index (Phi) is 1.46. The molecule has 2 N–H and O–H groups in total. The van der Waals surface area contributed by atoms with Crippen molar-refractivity contribution < 1.29 is 5.11 Å². The van der Waals surface area contributed by atoms with E-state index in [9.17, 15) is 5.11 Å². The van der Waals surface area contributed by atoms with E-state index in [-0.39, 0.29) is 6.10 Å². The summed E-state index contributed by atoms with van der Waals surface area (Å²) in [6, 6.07) is 0. The number of aromatic amines is 1. The van der Waals surface area contributed by atoms with E-state index < -0.39 is 0 Å². The van der Waals surface area contributed by atoms with E-state index in [1.165, 1.54) is 0 Å². The van der Waals surface area contributed by atoms with Gasteiger partial charge in [-0.3, -0.25) is 0 Å². The molecular weight excluding hydrogens is 146 g/mol. The van der Waals surface area contributed by atoms with Crippen molar-refractivity contribution in [3.8, 4) is 0 Å². The molecule has 2 rings (SSSR count). The molecule has 1 aromatic rings. The minimum Gasteiger partial charge on any atom is -0.391 e. The van der Waals surface area contributed by atoms with Gasteiger partial charge in [0.05, 0.1) is 6.10 Å². The first-order valence-corrected chi connectivity index (χ1v) is 3.53. The molecule has 11 heavy (non-hydrogen) atoms. The van der Waals surface area contributed by atoms with Crippen molar-refractivity contribution in [1.82, 2.24) is 20.6 Å². The Bertz CT molecular complexity index is 223. The Hall–Kier alpha value is -1.17. The highest BCUT2D eigenvalue weighted by molar-refractivity contribution is 5.28. The third-order valence-electron chi connectivity index (χ3n) is 1.78. The monoisotopic (exact) mass is 155 g/mol. The Balaban J connectivity index is 2.08. The Morgan fingerprint density at radius 1 is 1.64 bits per heavy atom. The molecule has 1 saturated heterocycles. The standard InChI is InChI=1S/C5H9N5O/c11-4-1-2-10(3-4)5-6-8-9-7-5/h4,11H,1-3H2,(H,6,7,8,9)/t4-/m1/s1. The average Bonchev–Trinajstić information content (AvgIpc) is 2.55. The van der Waals surface area contributed by atoms with Crippen molar-refractivity contribution in [2.45, 2.75) is 12.5 Å². The highest BCUT2D eigenvalue weighted by Crippen LogP contribution is 2.13. The molecular formula is C5H9N5O. The van der Waals surface area contributed by atoms with E-state index in [0.29, 0.717) is 12.5 Å². The van der Waals surface area contributed by atoms with Crippen LogP contribution in [-0.2, 0) is 0 Å². The minimum absolute atomic E-state index is 0.242. The second-order valence-corrected chi connectivity index (χ2v) is 2.60. The molecule has 6 nitrogen and oxygen atoms in total. The van der Waals surface area contributed by atoms with E-state index in [4.69, 9.17) is 0 Å². The van der Waals surface area contributed by atoms with Crippen molar-refractivity contribution in [1.29, 1.82) is 0 Å². The van der Waals surface area contributed by atoms with Gasteiger partial charge in [-0.15, -0.1) is 5.10 Å². The molecule has 2 heterocycles. The van der Waals surface area contributed by atoms with Crippen LogP contribution >= 0.6 is 0 Å². The van der Waals surface area contributed by atoms with Crippen molar-refractivity contribution >= 4 is 5.95 Å². The summed E-state index contributed by atoms with van der Waals surface area (Å²) in [4.78, 5) is 1.90. The molecule has 0 unspecified atom stereocenters. The number of hydrogen-bond donors (Lipinski definition) is 2. The first-order chi connectivity index (χ1) is 5.36. The predicted octanol–water partition coefficient (Wildman–Crippen LogP) is -1.23. The summed E-state index contributed by atoms with van der Waals surface area (Å²) in [7, 11) is 0. The van der Waals surface area contributed by atoms with Crippen LogP contribution in [-0.4, -0.2) is 44.9 Å². The number of tetrazole rings is 1. The fourth-order valence-corrected chi connectivity index (χ4v) is 1.21. The highest BCUT2D eigenvalue weighted by Gasteiger charge is 2.22. The number of β-amino-alcohol motifs (C(OH)–C–C–N with tert-alkyl or cyclic N) is 1. The Labute approximate surface area is 63.2 Å². The Morgan fingerprint density at radius 3 is 3.09 bits per heavy atom. The van der Waals surface area contributed by atoms with Gasteiger partial charge in [-0.05, 0) is 11.6 Å². The minimum atomic E-state index is -0.242. The van der Waals surface area contributed by atoms with E-state index in [0.717, 1.165) is 13.0 Å². The lowest BCUT2D eigenvalue weighted by Gasteiger charge is -2.10. The summed E-state index contributed by atoms with van der Waals surface area (Å²) in [5.41, 5.74) is 0. The molecule has 1 atom stereocenters. The number of anilines is 1. The van der Waals surface area contributed by atoms with Crippen molar-refractivity contribution in [3.05, 3.63) is 0 Å². The van der Waals surface area contributed by atoms with Crippen LogP contribution in [0.15, 0.2) is 0 Å². The van der Waals surface area contributed by atoms with Gasteiger partial charge < -0.3 is 10.0 Å². The van der Waals surface area contributed by atoms with Crippen molar-refractivity contribution in [2.24, 2.45) is 0 Å². The number of nitrogens with zero attached hydrogens (tertiary/aromatic N) is 4. The maximum absolute atomic E-state index is 9.17. The number of H-pyrrole nitrogens is 1. The molecule has 0 spiro atoms. The van der Waals surface area contributed by atoms with Gasteiger partial charge in [0.1, 0.15) is 0 Å². The summed E-state index contributed by atoms with van der Waals surface area (Å²) in [5.74, 6) is 0.571. The van der Waals surface area contributed by atoms with Crippen molar-refractivity contribution in [2.75, 3.05) is 18.0 Å². The molecule has 1 aliphatic rings. The summed E-state index contributed by atoms with van der Waals surface area (Å²) >= 11 is 0. The summed E-state index contributed by atoms with van der Waals surface area (Å²) in [6.45, 7) is 1.42. The predicted molar refractivity (Wildman–Crippen MR) is 37.0 cm³/mol. The number of rotatable bonds is 1. The third-order valence-corrected chi connectivity index (χ3v) is 1.78. The van der Waals surface area contributed by atoms with Gasteiger partial charge in [0, 0.05) is 13.1 Å². The fourth-order valence-electron chi connectivity index (χ4n) is 1.21. The van der Waals surface area contributed by atoms with Crippen LogP contribution in [0, 0.1) is 0 Å². The smallest absolute Gasteiger partial charge is 0.265 e. The molecule has 60 valence electrons. The van der Waals surface area contributed by atoms with Crippen LogP contribution in [0.5, 0.6) is 0 Å². The maximum Gasteiger partial charge on any atom is 0.265 e. The zero-order valence-corrected chi connectivity index (χ0v) is 5.93. The van der Waals surface area contributed by atoms with Crippen LogP contribution in [0.4, 0.5) is 5.95 Å². The number of aromatic nitrogens is 4. The van der Waals surface area contributed by atoms with E-state index >= 15 is 0 Å². The van der Waals surface area contributed by atoms with Gasteiger partial charge in [0.25, 0.3) is 5.95 Å². The molecule has 0 aliphatic carbocycles. The molecule has 1 aromatic heterocycles. The lowest BCUT2D eigenvalue weighted by Crippen LogP contribution is -2.22. The largest absolute Gasteiger partial charge is 0.391 e. The van der Waals surface area contributed by atoms with Gasteiger partial charge in [-0.2, -0.15) is 5.21 Å². The van der Waals surface area contributed by atoms with Crippen LogP contribution in [0.3, 0.4) is 0 Å². The van der Waals surface area contributed by atoms with Gasteiger partial charge >= 0.3 is 0 Å². The normalized spacial score (nSPS) is 24.5. The fraction of sp³-hybridized carbons (Fsp3) is 0.800. The summed E-state index contributed by atoms with van der Waals surface area (Å²) < 4.78 is 0. The number of aliphatic hydroxyl groups is 1. The first kappa shape index (κ1) is 6.53. The molecule has 0 amide bonds. The van der Waals surface area contributed by atoms with Gasteiger partial charge in [-0.25, -0.2) is 0 Å². The lowest BCUT2D eigenvalue weighted by molar-refractivity contribution is 0.198. The summed E-state index contributed by atoms with van der Waals surface area (Å²) in [6.07, 6.45) is 0.544. The second kappa shape index (κ2) is 2.46. The van der Waals surface area contributed by atoms with Crippen LogP contribution in [0.1, 0.15) is 6.42 Å². The Morgan fingerprint density at radius 2 is 2.55 bits per heavy atom. The molecule has 0 saturated carbocycles. The van der Waals surface area contributed by atoms with Crippen LogP contribution in [0.25, 0.3) is 0 Å². The van der Waals surface area contributed by atoms with Crippen LogP contribution < -0.4 is 4.90 Å². The first-order valence-electron chi connectivity index (χ1n) is 3.53. The molecule has 1 fully saturated rings. The molecule has 0 radical (unpaired) electrons. The molecule has 6 heteroatoms. The van der Waals surface area contributed by atoms with Gasteiger partial charge in [-0.1, -0.05) is 5.10 Å². The van der Waals surface area contributed by atoms with Crippen LogP contribution in [0.2, 0.25) is 0 Å². The summed E-state index contributed by atoms with van der Waals surface area (Å²) in [5, 5.41) is 22.6. The zero-order chi connectivity index (χ0) is 7.68. The maximum atomic E-state index is 9.17. The number of aliphatic hydroxyl groups excluding tert-OH is 1. The highest BCUT2D eigenvalue weighted by atomic mass is 16.3. The molecule has 0 bridgehead atoms. The number of hydrogen-bond acceptors (Lipinski definition) is 5. The second-order valence-electron chi connectivity index (χ2n) is 2.60. The van der Waals surface area contributed by atoms with E-state index in [2.05, 4.69) is 20.6 Å². The molecule has 1 aliphatic heterocycles. The number of nitrogens with one attached hydrogen (secondary N) is 1. The quantitative estimate of drug-likeness (QED) is 0.531. The molecule has 0 aromatic carbocycles. The average molecular weight is 155 g/mol. The van der Waals surface area contributed by atoms with E-state index in [1.54, 1.807) is 0 Å². The van der Waals surface area contributed by atoms with Crippen molar-refractivity contribution in [3.63, 3.8) is 0 Å². The van der Waals surface area contributed by atoms with Gasteiger partial charge in [0.15, 0.2) is 0 Å². The topological polar surface area (TPSA) is 77.9 Å².